The van der Waals surface area contributed by atoms with Gasteiger partial charge in [-0.1, -0.05) is 13.8 Å². The lowest BCUT2D eigenvalue weighted by molar-refractivity contribution is 0.936. The number of nitriles is 1. The second-order valence-corrected chi connectivity index (χ2v) is 4.13. The Kier molecular flexibility index (Phi) is 1.72. The molecule has 1 aliphatic carbocycles. The summed E-state index contributed by atoms with van der Waals surface area (Å²) in [6.07, 6.45) is 1.10. The van der Waals surface area contributed by atoms with Crippen LogP contribution in [0.15, 0.2) is 0 Å². The lowest BCUT2D eigenvalue weighted by Gasteiger charge is -2.01. The average molecular weight is 141 g/mol. The summed E-state index contributed by atoms with van der Waals surface area (Å²) in [6, 6.07) is 2.37. The summed E-state index contributed by atoms with van der Waals surface area (Å²) in [5, 5.41) is 8.69. The van der Waals surface area contributed by atoms with E-state index < -0.39 is 0 Å². The van der Waals surface area contributed by atoms with Gasteiger partial charge in [0.05, 0.1) is 6.07 Å². The van der Waals surface area contributed by atoms with Crippen LogP contribution < -0.4 is 0 Å². The number of hydrogen-bond acceptors (Lipinski definition) is 2. The predicted molar refractivity (Wildman–Crippen MR) is 40.3 cm³/mol. The van der Waals surface area contributed by atoms with Gasteiger partial charge in [-0.25, -0.2) is 0 Å². The molecule has 0 aromatic heterocycles. The fraction of sp³-hybridized carbons (Fsp3) is 0.857. The van der Waals surface area contributed by atoms with E-state index in [-0.39, 0.29) is 4.75 Å². The monoisotopic (exact) mass is 141 g/mol. The van der Waals surface area contributed by atoms with Gasteiger partial charge in [-0.05, 0) is 18.1 Å². The highest BCUT2D eigenvalue weighted by Gasteiger charge is 2.51. The van der Waals surface area contributed by atoms with Crippen LogP contribution in [0, 0.1) is 17.2 Å². The molecule has 0 bridgehead atoms. The maximum atomic E-state index is 8.69. The first-order chi connectivity index (χ1) is 4.25. The molecule has 0 N–H and O–H groups in total. The Morgan fingerprint density at radius 1 is 1.89 bits per heavy atom. The van der Waals surface area contributed by atoms with Crippen LogP contribution in [0.5, 0.6) is 0 Å². The van der Waals surface area contributed by atoms with Gasteiger partial charge < -0.3 is 0 Å². The minimum absolute atomic E-state index is 0.0226. The van der Waals surface area contributed by atoms with Crippen molar-refractivity contribution >= 4 is 11.8 Å². The Morgan fingerprint density at radius 2 is 2.44 bits per heavy atom. The van der Waals surface area contributed by atoms with Crippen molar-refractivity contribution < 1.29 is 0 Å². The van der Waals surface area contributed by atoms with Crippen LogP contribution >= 0.6 is 11.8 Å². The summed E-state index contributed by atoms with van der Waals surface area (Å²) in [4.78, 5) is 0. The molecule has 1 saturated carbocycles. The van der Waals surface area contributed by atoms with E-state index in [1.54, 1.807) is 11.8 Å². The highest BCUT2D eigenvalue weighted by atomic mass is 32.2. The standard InChI is InChI=1S/C7H11NS/c1-3-9-7(5-8)4-6(7)2/h6H,3-4H2,1-2H3. The van der Waals surface area contributed by atoms with Crippen LogP contribution in [-0.2, 0) is 0 Å². The van der Waals surface area contributed by atoms with Crippen LogP contribution in [-0.4, -0.2) is 10.5 Å². The number of hydrogen-bond donors (Lipinski definition) is 0. The van der Waals surface area contributed by atoms with Gasteiger partial charge in [0.1, 0.15) is 4.75 Å². The molecule has 0 amide bonds. The second-order valence-electron chi connectivity index (χ2n) is 2.54. The largest absolute Gasteiger partial charge is 0.197 e. The first-order valence-electron chi connectivity index (χ1n) is 3.30. The molecule has 2 atom stereocenters. The summed E-state index contributed by atoms with van der Waals surface area (Å²) >= 11 is 1.79. The van der Waals surface area contributed by atoms with Gasteiger partial charge >= 0.3 is 0 Å². The lowest BCUT2D eigenvalue weighted by atomic mass is 10.4. The van der Waals surface area contributed by atoms with Crippen molar-refractivity contribution in [3.63, 3.8) is 0 Å². The zero-order chi connectivity index (χ0) is 6.91. The molecule has 0 saturated heterocycles. The zero-order valence-electron chi connectivity index (χ0n) is 5.85. The molecular weight excluding hydrogens is 130 g/mol. The Balaban J connectivity index is 2.45. The fourth-order valence-electron chi connectivity index (χ4n) is 1.04. The molecule has 1 fully saturated rings. The summed E-state index contributed by atoms with van der Waals surface area (Å²) < 4.78 is 0.0226. The van der Waals surface area contributed by atoms with E-state index in [4.69, 9.17) is 5.26 Å². The Morgan fingerprint density at radius 3 is 2.56 bits per heavy atom. The highest BCUT2D eigenvalue weighted by molar-refractivity contribution is 8.01. The lowest BCUT2D eigenvalue weighted by Crippen LogP contribution is -2.00. The molecule has 0 aromatic carbocycles. The summed E-state index contributed by atoms with van der Waals surface area (Å²) in [6.45, 7) is 4.25. The van der Waals surface area contributed by atoms with Gasteiger partial charge in [0, 0.05) is 0 Å². The number of rotatable bonds is 2. The molecule has 0 heterocycles. The van der Waals surface area contributed by atoms with Gasteiger partial charge in [-0.15, -0.1) is 11.8 Å². The third-order valence-electron chi connectivity index (χ3n) is 1.84. The molecule has 9 heavy (non-hydrogen) atoms. The third-order valence-corrected chi connectivity index (χ3v) is 3.30. The molecule has 50 valence electrons. The molecule has 0 radical (unpaired) electrons. The zero-order valence-corrected chi connectivity index (χ0v) is 6.66. The van der Waals surface area contributed by atoms with E-state index >= 15 is 0 Å². The Labute approximate surface area is 60.4 Å². The molecule has 0 aliphatic heterocycles. The van der Waals surface area contributed by atoms with Crippen molar-refractivity contribution in [1.82, 2.24) is 0 Å². The van der Waals surface area contributed by atoms with Gasteiger partial charge in [0.25, 0.3) is 0 Å². The Hall–Kier alpha value is -0.160. The molecular formula is C7H11NS. The van der Waals surface area contributed by atoms with E-state index in [1.165, 1.54) is 0 Å². The molecule has 2 heteroatoms. The van der Waals surface area contributed by atoms with Gasteiger partial charge in [-0.3, -0.25) is 0 Å². The quantitative estimate of drug-likeness (QED) is 0.587. The van der Waals surface area contributed by atoms with Crippen LogP contribution in [0.4, 0.5) is 0 Å². The summed E-state index contributed by atoms with van der Waals surface area (Å²) in [7, 11) is 0. The van der Waals surface area contributed by atoms with Gasteiger partial charge in [0.15, 0.2) is 0 Å². The molecule has 0 aromatic rings. The first-order valence-corrected chi connectivity index (χ1v) is 4.29. The fourth-order valence-corrected chi connectivity index (χ4v) is 2.27. The minimum atomic E-state index is 0.0226. The average Bonchev–Trinajstić information content (AvgIpc) is 2.45. The maximum absolute atomic E-state index is 8.69. The minimum Gasteiger partial charge on any atom is -0.197 e. The van der Waals surface area contributed by atoms with Gasteiger partial charge in [-0.2, -0.15) is 5.26 Å². The molecule has 1 aliphatic rings. The molecule has 2 unspecified atom stereocenters. The van der Waals surface area contributed by atoms with E-state index in [2.05, 4.69) is 19.9 Å². The van der Waals surface area contributed by atoms with Crippen molar-refractivity contribution in [1.29, 1.82) is 5.26 Å². The third kappa shape index (κ3) is 1.07. The summed E-state index contributed by atoms with van der Waals surface area (Å²) in [5.41, 5.74) is 0. The van der Waals surface area contributed by atoms with Crippen LogP contribution in [0.25, 0.3) is 0 Å². The van der Waals surface area contributed by atoms with Crippen LogP contribution in [0.3, 0.4) is 0 Å². The maximum Gasteiger partial charge on any atom is 0.105 e. The topological polar surface area (TPSA) is 23.8 Å². The van der Waals surface area contributed by atoms with Crippen LogP contribution in [0.1, 0.15) is 20.3 Å². The molecule has 0 spiro atoms. The highest BCUT2D eigenvalue weighted by Crippen LogP contribution is 2.53. The van der Waals surface area contributed by atoms with Crippen molar-refractivity contribution in [3.8, 4) is 6.07 Å². The number of thioether (sulfide) groups is 1. The smallest absolute Gasteiger partial charge is 0.105 e. The van der Waals surface area contributed by atoms with Crippen LogP contribution in [0.2, 0.25) is 0 Å². The predicted octanol–water partition coefficient (Wildman–Crippen LogP) is 2.04. The molecule has 1 nitrogen and oxygen atoms in total. The van der Waals surface area contributed by atoms with E-state index in [1.807, 2.05) is 0 Å². The summed E-state index contributed by atoms with van der Waals surface area (Å²) in [5.74, 6) is 1.70. The van der Waals surface area contributed by atoms with Crippen molar-refractivity contribution in [2.75, 3.05) is 5.75 Å². The second kappa shape index (κ2) is 2.22. The Bertz CT molecular complexity index is 149. The normalized spacial score (nSPS) is 39.9. The SMILES string of the molecule is CCSC1(C#N)CC1C. The van der Waals surface area contributed by atoms with Crippen molar-refractivity contribution in [3.05, 3.63) is 0 Å². The van der Waals surface area contributed by atoms with E-state index in [0.717, 1.165) is 12.2 Å². The van der Waals surface area contributed by atoms with Gasteiger partial charge in [0.2, 0.25) is 0 Å². The van der Waals surface area contributed by atoms with Crippen molar-refractivity contribution in [2.24, 2.45) is 5.92 Å². The van der Waals surface area contributed by atoms with E-state index in [0.29, 0.717) is 5.92 Å². The first kappa shape index (κ1) is 6.95. The van der Waals surface area contributed by atoms with Crippen molar-refractivity contribution in [2.45, 2.75) is 25.0 Å². The number of nitrogens with zero attached hydrogens (tertiary/aromatic N) is 1. The van der Waals surface area contributed by atoms with E-state index in [9.17, 15) is 0 Å². The molecule has 1 rings (SSSR count).